The van der Waals surface area contributed by atoms with Crippen LogP contribution in [0.4, 0.5) is 4.79 Å². The number of urea groups is 1. The van der Waals surface area contributed by atoms with Gasteiger partial charge in [0.2, 0.25) is 0 Å². The Labute approximate surface area is 188 Å². The van der Waals surface area contributed by atoms with Gasteiger partial charge in [-0.25, -0.2) is 23.2 Å². The van der Waals surface area contributed by atoms with Crippen LogP contribution in [0.1, 0.15) is 26.7 Å². The molecule has 3 rings (SSSR count). The van der Waals surface area contributed by atoms with E-state index < -0.39 is 9.84 Å². The Morgan fingerprint density at radius 2 is 1.78 bits per heavy atom. The molecule has 9 nitrogen and oxygen atoms in total. The molecule has 2 aromatic rings. The molecule has 2 heterocycles. The Hall–Kier alpha value is -3.01. The van der Waals surface area contributed by atoms with Crippen LogP contribution in [0.3, 0.4) is 0 Å². The van der Waals surface area contributed by atoms with Crippen molar-refractivity contribution in [1.29, 1.82) is 0 Å². The SMILES string of the molecule is CC(C)/C(N)=N/C(=O)N1CCC(COc2cnc(-c3ccc(S(C)(=O)=O)cc3)nc2)CC1. The number of nitrogens with two attached hydrogens (primary N) is 1. The third-order valence-corrected chi connectivity index (χ3v) is 6.48. The fourth-order valence-corrected chi connectivity index (χ4v) is 3.84. The summed E-state index contributed by atoms with van der Waals surface area (Å²) in [5.41, 5.74) is 6.51. The fourth-order valence-electron chi connectivity index (χ4n) is 3.21. The van der Waals surface area contributed by atoms with Crippen LogP contribution >= 0.6 is 0 Å². The van der Waals surface area contributed by atoms with E-state index in [1.54, 1.807) is 29.4 Å². The van der Waals surface area contributed by atoms with E-state index in [0.717, 1.165) is 18.4 Å². The fraction of sp³-hybridized carbons (Fsp3) is 0.455. The maximum Gasteiger partial charge on any atom is 0.345 e. The molecule has 32 heavy (non-hydrogen) atoms. The van der Waals surface area contributed by atoms with E-state index in [0.29, 0.717) is 43.0 Å². The predicted octanol–water partition coefficient (Wildman–Crippen LogP) is 2.77. The number of amidine groups is 1. The average molecular weight is 460 g/mol. The van der Waals surface area contributed by atoms with Gasteiger partial charge in [-0.3, -0.25) is 0 Å². The molecule has 0 bridgehead atoms. The summed E-state index contributed by atoms with van der Waals surface area (Å²) in [6.45, 7) is 5.58. The quantitative estimate of drug-likeness (QED) is 0.519. The monoisotopic (exact) mass is 459 g/mol. The van der Waals surface area contributed by atoms with Gasteiger partial charge in [0.1, 0.15) is 5.84 Å². The van der Waals surface area contributed by atoms with E-state index in [1.165, 1.54) is 18.4 Å². The second-order valence-electron chi connectivity index (χ2n) is 8.25. The third-order valence-electron chi connectivity index (χ3n) is 5.36. The number of carbonyl (C=O) groups excluding carboxylic acids is 1. The molecule has 1 saturated heterocycles. The van der Waals surface area contributed by atoms with Crippen molar-refractivity contribution in [3.05, 3.63) is 36.7 Å². The molecule has 1 aliphatic heterocycles. The lowest BCUT2D eigenvalue weighted by Crippen LogP contribution is -2.39. The van der Waals surface area contributed by atoms with E-state index >= 15 is 0 Å². The van der Waals surface area contributed by atoms with Crippen molar-refractivity contribution in [2.45, 2.75) is 31.6 Å². The van der Waals surface area contributed by atoms with Crippen LogP contribution in [0.5, 0.6) is 5.75 Å². The van der Waals surface area contributed by atoms with Crippen molar-refractivity contribution < 1.29 is 17.9 Å². The molecule has 1 aromatic heterocycles. The minimum Gasteiger partial charge on any atom is -0.490 e. The first-order valence-corrected chi connectivity index (χ1v) is 12.4. The summed E-state index contributed by atoms with van der Waals surface area (Å²) < 4.78 is 29.0. The molecule has 1 fully saturated rings. The van der Waals surface area contributed by atoms with E-state index in [2.05, 4.69) is 15.0 Å². The molecular weight excluding hydrogens is 430 g/mol. The standard InChI is InChI=1S/C22H29N5O4S/c1-15(2)20(23)26-22(28)27-10-8-16(9-11-27)14-31-18-12-24-21(25-13-18)17-4-6-19(7-5-17)32(3,29)30/h4-7,12-13,15-16H,8-11,14H2,1-3H3,(H2,23,26,28). The first-order chi connectivity index (χ1) is 15.1. The molecule has 0 radical (unpaired) electrons. The van der Waals surface area contributed by atoms with Gasteiger partial charge in [-0.05, 0) is 43.0 Å². The molecule has 172 valence electrons. The van der Waals surface area contributed by atoms with E-state index in [1.807, 2.05) is 13.8 Å². The molecule has 0 saturated carbocycles. The summed E-state index contributed by atoms with van der Waals surface area (Å²) in [6, 6.07) is 6.17. The van der Waals surface area contributed by atoms with Gasteiger partial charge < -0.3 is 15.4 Å². The van der Waals surface area contributed by atoms with Gasteiger partial charge in [0, 0.05) is 30.8 Å². The maximum absolute atomic E-state index is 12.2. The summed E-state index contributed by atoms with van der Waals surface area (Å²) in [6.07, 6.45) is 6.04. The van der Waals surface area contributed by atoms with Crippen LogP contribution in [-0.4, -0.2) is 61.1 Å². The number of piperidine rings is 1. The lowest BCUT2D eigenvalue weighted by atomic mass is 9.98. The van der Waals surface area contributed by atoms with E-state index in [4.69, 9.17) is 10.5 Å². The highest BCUT2D eigenvalue weighted by Gasteiger charge is 2.23. The summed E-state index contributed by atoms with van der Waals surface area (Å²) in [7, 11) is -3.24. The highest BCUT2D eigenvalue weighted by atomic mass is 32.2. The van der Waals surface area contributed by atoms with Crippen molar-refractivity contribution in [3.63, 3.8) is 0 Å². The van der Waals surface area contributed by atoms with Crippen LogP contribution in [0.15, 0.2) is 46.5 Å². The number of rotatable bonds is 6. The second-order valence-corrected chi connectivity index (χ2v) is 10.3. The molecule has 0 spiro atoms. The number of carbonyl (C=O) groups is 1. The van der Waals surface area contributed by atoms with Gasteiger partial charge in [0.05, 0.1) is 23.9 Å². The van der Waals surface area contributed by atoms with Crippen LogP contribution in [0.25, 0.3) is 11.4 Å². The normalized spacial score (nSPS) is 15.8. The van der Waals surface area contributed by atoms with Gasteiger partial charge in [-0.2, -0.15) is 4.99 Å². The van der Waals surface area contributed by atoms with E-state index in [9.17, 15) is 13.2 Å². The van der Waals surface area contributed by atoms with Crippen LogP contribution in [0.2, 0.25) is 0 Å². The lowest BCUT2D eigenvalue weighted by molar-refractivity contribution is 0.150. The van der Waals surface area contributed by atoms with Crippen molar-refractivity contribution in [2.24, 2.45) is 22.6 Å². The number of benzene rings is 1. The van der Waals surface area contributed by atoms with Gasteiger partial charge in [0.15, 0.2) is 21.4 Å². The van der Waals surface area contributed by atoms with Crippen molar-refractivity contribution in [2.75, 3.05) is 26.0 Å². The zero-order valence-corrected chi connectivity index (χ0v) is 19.4. The number of aliphatic imine (C=N–C) groups is 1. The number of nitrogens with zero attached hydrogens (tertiary/aromatic N) is 4. The van der Waals surface area contributed by atoms with Gasteiger partial charge in [-0.15, -0.1) is 0 Å². The average Bonchev–Trinajstić information content (AvgIpc) is 2.77. The van der Waals surface area contributed by atoms with Crippen LogP contribution < -0.4 is 10.5 Å². The first kappa shape index (κ1) is 23.6. The predicted molar refractivity (Wildman–Crippen MR) is 122 cm³/mol. The number of amides is 2. The zero-order valence-electron chi connectivity index (χ0n) is 18.6. The van der Waals surface area contributed by atoms with Gasteiger partial charge in [0.25, 0.3) is 0 Å². The molecule has 0 atom stereocenters. The summed E-state index contributed by atoms with van der Waals surface area (Å²) in [5, 5.41) is 0. The molecule has 10 heteroatoms. The molecule has 0 aliphatic carbocycles. The largest absolute Gasteiger partial charge is 0.490 e. The summed E-state index contributed by atoms with van der Waals surface area (Å²) >= 11 is 0. The molecule has 1 aromatic carbocycles. The number of ether oxygens (including phenoxy) is 1. The lowest BCUT2D eigenvalue weighted by Gasteiger charge is -2.30. The summed E-state index contributed by atoms with van der Waals surface area (Å²) in [4.78, 5) is 26.8. The molecular formula is C22H29N5O4S. The number of aromatic nitrogens is 2. The first-order valence-electron chi connectivity index (χ1n) is 10.5. The van der Waals surface area contributed by atoms with Crippen molar-refractivity contribution in [1.82, 2.24) is 14.9 Å². The Balaban J connectivity index is 1.49. The van der Waals surface area contributed by atoms with Crippen LogP contribution in [-0.2, 0) is 9.84 Å². The molecule has 2 amide bonds. The Morgan fingerprint density at radius 3 is 2.31 bits per heavy atom. The number of hydrogen-bond acceptors (Lipinski definition) is 6. The highest BCUT2D eigenvalue weighted by Crippen LogP contribution is 2.22. The van der Waals surface area contributed by atoms with Crippen LogP contribution in [0, 0.1) is 11.8 Å². The van der Waals surface area contributed by atoms with Crippen molar-refractivity contribution in [3.8, 4) is 17.1 Å². The third kappa shape index (κ3) is 6.25. The number of sulfone groups is 1. The Kier molecular flexibility index (Phi) is 7.44. The minimum absolute atomic E-state index is 0.0466. The number of likely N-dealkylation sites (tertiary alicyclic amines) is 1. The topological polar surface area (TPSA) is 128 Å². The Morgan fingerprint density at radius 1 is 1.19 bits per heavy atom. The second kappa shape index (κ2) is 10.1. The molecule has 0 unspecified atom stereocenters. The highest BCUT2D eigenvalue weighted by molar-refractivity contribution is 7.90. The zero-order chi connectivity index (χ0) is 23.3. The summed E-state index contributed by atoms with van der Waals surface area (Å²) in [5.74, 6) is 1.79. The molecule has 2 N–H and O–H groups in total. The number of hydrogen-bond donors (Lipinski definition) is 1. The van der Waals surface area contributed by atoms with Crippen molar-refractivity contribution >= 4 is 21.7 Å². The van der Waals surface area contributed by atoms with Gasteiger partial charge >= 0.3 is 6.03 Å². The minimum atomic E-state index is -3.24. The Bertz CT molecular complexity index is 1060. The molecule has 1 aliphatic rings. The van der Waals surface area contributed by atoms with Gasteiger partial charge in [-0.1, -0.05) is 13.8 Å². The van der Waals surface area contributed by atoms with E-state index in [-0.39, 0.29) is 16.8 Å². The smallest absolute Gasteiger partial charge is 0.345 e. The maximum atomic E-state index is 12.2.